The van der Waals surface area contributed by atoms with Crippen LogP contribution < -0.4 is 5.32 Å². The molecular formula is C14H10F3NO2. The first-order valence-corrected chi connectivity index (χ1v) is 5.68. The second-order valence-electron chi connectivity index (χ2n) is 4.07. The van der Waals surface area contributed by atoms with E-state index in [0.717, 1.165) is 12.1 Å². The van der Waals surface area contributed by atoms with Gasteiger partial charge in [0.05, 0.1) is 5.56 Å². The van der Waals surface area contributed by atoms with Crippen molar-refractivity contribution in [2.24, 2.45) is 0 Å². The van der Waals surface area contributed by atoms with E-state index in [9.17, 15) is 18.0 Å². The van der Waals surface area contributed by atoms with Crippen molar-refractivity contribution >= 4 is 11.7 Å². The molecule has 0 spiro atoms. The monoisotopic (exact) mass is 281 g/mol. The average Bonchev–Trinajstić information content (AvgIpc) is 2.42. The SMILES string of the molecule is O=C(O)c1ccccc1CNc1cc(F)c(F)c(F)c1. The van der Waals surface area contributed by atoms with Crippen molar-refractivity contribution in [1.82, 2.24) is 0 Å². The van der Waals surface area contributed by atoms with Crippen LogP contribution >= 0.6 is 0 Å². The normalized spacial score (nSPS) is 10.3. The van der Waals surface area contributed by atoms with Gasteiger partial charge in [0, 0.05) is 24.4 Å². The quantitative estimate of drug-likeness (QED) is 0.844. The fourth-order valence-corrected chi connectivity index (χ4v) is 1.74. The standard InChI is InChI=1S/C14H10F3NO2/c15-11-5-9(6-12(16)13(11)17)18-7-8-3-1-2-4-10(8)14(19)20/h1-6,18H,7H2,(H,19,20). The van der Waals surface area contributed by atoms with E-state index in [1.807, 2.05) is 0 Å². The number of hydrogen-bond donors (Lipinski definition) is 2. The van der Waals surface area contributed by atoms with E-state index in [4.69, 9.17) is 5.11 Å². The van der Waals surface area contributed by atoms with Crippen molar-refractivity contribution in [2.75, 3.05) is 5.32 Å². The third kappa shape index (κ3) is 2.90. The first-order chi connectivity index (χ1) is 9.49. The minimum atomic E-state index is -1.54. The molecule has 0 aliphatic heterocycles. The maximum atomic E-state index is 13.0. The van der Waals surface area contributed by atoms with Crippen LogP contribution in [0.3, 0.4) is 0 Å². The lowest BCUT2D eigenvalue weighted by molar-refractivity contribution is 0.0696. The summed E-state index contributed by atoms with van der Waals surface area (Å²) in [6.07, 6.45) is 0. The van der Waals surface area contributed by atoms with Gasteiger partial charge in [-0.05, 0) is 11.6 Å². The molecule has 0 saturated heterocycles. The maximum Gasteiger partial charge on any atom is 0.336 e. The van der Waals surface area contributed by atoms with Crippen LogP contribution in [0.2, 0.25) is 0 Å². The maximum absolute atomic E-state index is 13.0. The number of carbonyl (C=O) groups is 1. The van der Waals surface area contributed by atoms with Crippen LogP contribution in [-0.2, 0) is 6.54 Å². The Kier molecular flexibility index (Phi) is 3.93. The Hall–Kier alpha value is -2.50. The number of halogens is 3. The molecule has 3 nitrogen and oxygen atoms in total. The lowest BCUT2D eigenvalue weighted by Crippen LogP contribution is -2.07. The first kappa shape index (κ1) is 13.9. The fraction of sp³-hybridized carbons (Fsp3) is 0.0714. The molecule has 0 bridgehead atoms. The van der Waals surface area contributed by atoms with Crippen molar-refractivity contribution in [1.29, 1.82) is 0 Å². The van der Waals surface area contributed by atoms with Crippen LogP contribution in [0.4, 0.5) is 18.9 Å². The summed E-state index contributed by atoms with van der Waals surface area (Å²) in [5.41, 5.74) is 0.565. The summed E-state index contributed by atoms with van der Waals surface area (Å²) < 4.78 is 38.8. The van der Waals surface area contributed by atoms with Gasteiger partial charge in [0.25, 0.3) is 0 Å². The van der Waals surface area contributed by atoms with E-state index in [1.54, 1.807) is 18.2 Å². The minimum Gasteiger partial charge on any atom is -0.478 e. The molecular weight excluding hydrogens is 271 g/mol. The number of carboxylic acid groups (broad SMARTS) is 1. The van der Waals surface area contributed by atoms with Crippen LogP contribution in [0.15, 0.2) is 36.4 Å². The summed E-state index contributed by atoms with van der Waals surface area (Å²) >= 11 is 0. The molecule has 0 amide bonds. The van der Waals surface area contributed by atoms with Crippen molar-refractivity contribution < 1.29 is 23.1 Å². The Morgan fingerprint density at radius 2 is 1.70 bits per heavy atom. The zero-order chi connectivity index (χ0) is 14.7. The summed E-state index contributed by atoms with van der Waals surface area (Å²) in [4.78, 5) is 11.0. The topological polar surface area (TPSA) is 49.3 Å². The molecule has 2 N–H and O–H groups in total. The lowest BCUT2D eigenvalue weighted by Gasteiger charge is -2.09. The van der Waals surface area contributed by atoms with E-state index in [-0.39, 0.29) is 17.8 Å². The van der Waals surface area contributed by atoms with Crippen molar-refractivity contribution in [3.8, 4) is 0 Å². The smallest absolute Gasteiger partial charge is 0.336 e. The molecule has 0 atom stereocenters. The highest BCUT2D eigenvalue weighted by molar-refractivity contribution is 5.89. The van der Waals surface area contributed by atoms with Crippen LogP contribution in [-0.4, -0.2) is 11.1 Å². The molecule has 0 fully saturated rings. The number of aromatic carboxylic acids is 1. The van der Waals surface area contributed by atoms with Gasteiger partial charge >= 0.3 is 5.97 Å². The van der Waals surface area contributed by atoms with E-state index in [1.165, 1.54) is 6.07 Å². The number of carboxylic acids is 1. The zero-order valence-corrected chi connectivity index (χ0v) is 10.2. The van der Waals surface area contributed by atoms with Gasteiger partial charge in [-0.2, -0.15) is 0 Å². The summed E-state index contributed by atoms with van der Waals surface area (Å²) in [5, 5.41) is 11.6. The molecule has 0 unspecified atom stereocenters. The van der Waals surface area contributed by atoms with Gasteiger partial charge in [-0.1, -0.05) is 18.2 Å². The Morgan fingerprint density at radius 1 is 1.10 bits per heavy atom. The molecule has 0 aromatic heterocycles. The summed E-state index contributed by atoms with van der Waals surface area (Å²) in [7, 11) is 0. The molecule has 104 valence electrons. The molecule has 6 heteroatoms. The molecule has 20 heavy (non-hydrogen) atoms. The highest BCUT2D eigenvalue weighted by Crippen LogP contribution is 2.18. The minimum absolute atomic E-state index is 0.0293. The van der Waals surface area contributed by atoms with Gasteiger partial charge < -0.3 is 10.4 Å². The van der Waals surface area contributed by atoms with E-state index in [2.05, 4.69) is 5.32 Å². The zero-order valence-electron chi connectivity index (χ0n) is 10.2. The Morgan fingerprint density at radius 3 is 2.30 bits per heavy atom. The molecule has 0 radical (unpaired) electrons. The van der Waals surface area contributed by atoms with Crippen molar-refractivity contribution in [3.05, 3.63) is 65.0 Å². The number of rotatable bonds is 4. The largest absolute Gasteiger partial charge is 0.478 e. The predicted molar refractivity (Wildman–Crippen MR) is 67.0 cm³/mol. The van der Waals surface area contributed by atoms with Gasteiger partial charge in [-0.25, -0.2) is 18.0 Å². The third-order valence-electron chi connectivity index (χ3n) is 2.71. The number of nitrogens with one attached hydrogen (secondary N) is 1. The lowest BCUT2D eigenvalue weighted by atomic mass is 10.1. The number of benzene rings is 2. The molecule has 0 heterocycles. The second kappa shape index (κ2) is 5.64. The number of hydrogen-bond acceptors (Lipinski definition) is 2. The highest BCUT2D eigenvalue weighted by Gasteiger charge is 2.12. The van der Waals surface area contributed by atoms with Crippen LogP contribution in [0.25, 0.3) is 0 Å². The van der Waals surface area contributed by atoms with Crippen molar-refractivity contribution in [2.45, 2.75) is 6.54 Å². The van der Waals surface area contributed by atoms with Crippen LogP contribution in [0, 0.1) is 17.5 Å². The van der Waals surface area contributed by atoms with Gasteiger partial charge in [-0.15, -0.1) is 0 Å². The van der Waals surface area contributed by atoms with Gasteiger partial charge in [-0.3, -0.25) is 0 Å². The number of anilines is 1. The van der Waals surface area contributed by atoms with Crippen molar-refractivity contribution in [3.63, 3.8) is 0 Å². The van der Waals surface area contributed by atoms with E-state index >= 15 is 0 Å². The molecule has 2 aromatic rings. The Balaban J connectivity index is 2.19. The fourth-order valence-electron chi connectivity index (χ4n) is 1.74. The van der Waals surface area contributed by atoms with E-state index < -0.39 is 23.4 Å². The van der Waals surface area contributed by atoms with Crippen LogP contribution in [0.1, 0.15) is 15.9 Å². The molecule has 0 saturated carbocycles. The van der Waals surface area contributed by atoms with E-state index in [0.29, 0.717) is 5.56 Å². The first-order valence-electron chi connectivity index (χ1n) is 5.68. The summed E-state index contributed by atoms with van der Waals surface area (Å²) in [6.45, 7) is 0.0486. The van der Waals surface area contributed by atoms with Gasteiger partial charge in [0.1, 0.15) is 0 Å². The molecule has 0 aliphatic rings. The second-order valence-corrected chi connectivity index (χ2v) is 4.07. The third-order valence-corrected chi connectivity index (χ3v) is 2.71. The van der Waals surface area contributed by atoms with Gasteiger partial charge in [0.2, 0.25) is 0 Å². The summed E-state index contributed by atoms with van der Waals surface area (Å²) in [5.74, 6) is -5.25. The molecule has 0 aliphatic carbocycles. The Labute approximate surface area is 112 Å². The van der Waals surface area contributed by atoms with Crippen LogP contribution in [0.5, 0.6) is 0 Å². The Bertz CT molecular complexity index is 636. The highest BCUT2D eigenvalue weighted by atomic mass is 19.2. The molecule has 2 rings (SSSR count). The average molecular weight is 281 g/mol. The molecule has 2 aromatic carbocycles. The van der Waals surface area contributed by atoms with Gasteiger partial charge in [0.15, 0.2) is 17.5 Å². The summed E-state index contributed by atoms with van der Waals surface area (Å²) in [6, 6.07) is 7.83. The predicted octanol–water partition coefficient (Wildman–Crippen LogP) is 3.41.